The predicted octanol–water partition coefficient (Wildman–Crippen LogP) is 3.23. The topological polar surface area (TPSA) is 80.1 Å². The van der Waals surface area contributed by atoms with Crippen LogP contribution < -0.4 is 4.72 Å². The average molecular weight is 509 g/mol. The van der Waals surface area contributed by atoms with Crippen LogP contribution in [0.3, 0.4) is 0 Å². The number of carbonyl (C=O) groups is 1. The van der Waals surface area contributed by atoms with Gasteiger partial charge in [-0.3, -0.25) is 4.79 Å². The van der Waals surface area contributed by atoms with Crippen molar-refractivity contribution in [2.24, 2.45) is 0 Å². The fraction of sp³-hybridized carbons (Fsp3) is 0.450. The summed E-state index contributed by atoms with van der Waals surface area (Å²) in [4.78, 5) is 14.0. The highest BCUT2D eigenvalue weighted by Crippen LogP contribution is 2.29. The summed E-state index contributed by atoms with van der Waals surface area (Å²) in [5.41, 5.74) is -0.337. The van der Waals surface area contributed by atoms with Crippen LogP contribution in [0.25, 0.3) is 0 Å². The van der Waals surface area contributed by atoms with Crippen molar-refractivity contribution in [1.82, 2.24) is 24.4 Å². The molecule has 1 N–H and O–H groups in total. The summed E-state index contributed by atoms with van der Waals surface area (Å²) in [5, 5.41) is 6.65. The molecule has 7 nitrogen and oxygen atoms in total. The van der Waals surface area contributed by atoms with E-state index in [9.17, 15) is 35.3 Å². The molecule has 14 heteroatoms. The lowest BCUT2D eigenvalue weighted by Gasteiger charge is -2.27. The number of nitrogens with zero attached hydrogens (tertiary/aromatic N) is 4. The van der Waals surface area contributed by atoms with Crippen molar-refractivity contribution in [3.63, 3.8) is 0 Å². The van der Waals surface area contributed by atoms with Gasteiger partial charge in [0.2, 0.25) is 11.7 Å². The molecule has 0 saturated carbocycles. The maximum atomic E-state index is 14.2. The Labute approximate surface area is 193 Å². The first-order valence-electron chi connectivity index (χ1n) is 9.97. The third kappa shape index (κ3) is 5.77. The Morgan fingerprint density at radius 3 is 2.35 bits per heavy atom. The van der Waals surface area contributed by atoms with Gasteiger partial charge in [0.1, 0.15) is 16.8 Å². The molecule has 2 heterocycles. The minimum atomic E-state index is -4.69. The summed E-state index contributed by atoms with van der Waals surface area (Å²) >= 11 is 0. The summed E-state index contributed by atoms with van der Waals surface area (Å²) in [5.74, 6) is -5.66. The average Bonchev–Trinajstić information content (AvgIpc) is 3.14. The number of nitrogens with one attached hydrogen (secondary N) is 1. The summed E-state index contributed by atoms with van der Waals surface area (Å²) < 4.78 is 95.4. The molecule has 0 saturated heterocycles. The van der Waals surface area contributed by atoms with Crippen LogP contribution in [-0.4, -0.2) is 41.1 Å². The second-order valence-electron chi connectivity index (χ2n) is 8.54. The number of fused-ring (bicyclic) bond motifs is 1. The van der Waals surface area contributed by atoms with Crippen molar-refractivity contribution in [2.75, 3.05) is 6.54 Å². The maximum absolute atomic E-state index is 14.2. The lowest BCUT2D eigenvalue weighted by molar-refractivity contribution is -0.148. The molecule has 1 aliphatic heterocycles. The van der Waals surface area contributed by atoms with Crippen LogP contribution in [0.2, 0.25) is 0 Å². The van der Waals surface area contributed by atoms with E-state index in [-0.39, 0.29) is 36.7 Å². The third-order valence-electron chi connectivity index (χ3n) is 4.87. The quantitative estimate of drug-likeness (QED) is 0.381. The normalized spacial score (nSPS) is 15.8. The zero-order valence-electron chi connectivity index (χ0n) is 18.3. The Bertz CT molecular complexity index is 1160. The van der Waals surface area contributed by atoms with E-state index in [2.05, 4.69) is 14.9 Å². The molecule has 0 fully saturated rings. The molecule has 3 rings (SSSR count). The molecule has 1 aromatic carbocycles. The first-order valence-corrected chi connectivity index (χ1v) is 11.1. The van der Waals surface area contributed by atoms with Gasteiger partial charge in [-0.2, -0.15) is 13.2 Å². The zero-order valence-corrected chi connectivity index (χ0v) is 19.2. The highest BCUT2D eigenvalue weighted by Gasteiger charge is 2.39. The number of aromatic nitrogens is 3. The number of hydrogen-bond acceptors (Lipinski definition) is 4. The minimum absolute atomic E-state index is 0.0498. The minimum Gasteiger partial charge on any atom is -0.330 e. The van der Waals surface area contributed by atoms with Crippen molar-refractivity contribution in [3.8, 4) is 0 Å². The second kappa shape index (κ2) is 9.39. The van der Waals surface area contributed by atoms with Crippen molar-refractivity contribution in [3.05, 3.63) is 58.6 Å². The van der Waals surface area contributed by atoms with E-state index in [1.54, 1.807) is 20.8 Å². The van der Waals surface area contributed by atoms with Gasteiger partial charge in [-0.1, -0.05) is 0 Å². The lowest BCUT2D eigenvalue weighted by Crippen LogP contribution is -2.39. The number of benzene rings is 1. The molecule has 2 aromatic rings. The van der Waals surface area contributed by atoms with Gasteiger partial charge < -0.3 is 14.2 Å². The number of halogens is 6. The van der Waals surface area contributed by atoms with Crippen LogP contribution in [0.15, 0.2) is 23.9 Å². The summed E-state index contributed by atoms with van der Waals surface area (Å²) in [6, 6.07) is 0.993. The fourth-order valence-electron chi connectivity index (χ4n) is 3.09. The second-order valence-corrected chi connectivity index (χ2v) is 10.5. The van der Waals surface area contributed by atoms with Gasteiger partial charge in [0.05, 0.1) is 11.3 Å². The maximum Gasteiger partial charge on any atom is 0.451 e. The zero-order chi connectivity index (χ0) is 25.4. The monoisotopic (exact) mass is 509 g/mol. The number of allylic oxidation sites excluding steroid dienone is 1. The van der Waals surface area contributed by atoms with Crippen LogP contribution in [0.5, 0.6) is 0 Å². The Morgan fingerprint density at radius 1 is 1.09 bits per heavy atom. The molecule has 1 aromatic heterocycles. The van der Waals surface area contributed by atoms with E-state index >= 15 is 0 Å². The Hall–Kier alpha value is -2.90. The van der Waals surface area contributed by atoms with E-state index in [1.807, 2.05) is 0 Å². The Balaban J connectivity index is 1.87. The van der Waals surface area contributed by atoms with Gasteiger partial charge >= 0.3 is 6.18 Å². The van der Waals surface area contributed by atoms with Crippen LogP contribution in [0, 0.1) is 17.5 Å². The molecule has 0 radical (unpaired) electrons. The molecular formula is C20H21F6N5O2S. The number of rotatable bonds is 5. The van der Waals surface area contributed by atoms with Gasteiger partial charge in [0, 0.05) is 37.3 Å². The van der Waals surface area contributed by atoms with Crippen molar-refractivity contribution < 1.29 is 35.3 Å². The van der Waals surface area contributed by atoms with Crippen LogP contribution in [-0.2, 0) is 41.5 Å². The smallest absolute Gasteiger partial charge is 0.330 e. The molecule has 1 amide bonds. The van der Waals surface area contributed by atoms with Crippen LogP contribution in [0.4, 0.5) is 26.3 Å². The standard InChI is InChI=1S/C20H21F6N5O2S/c1-19(2,3)34(33)29-12(6-11-7-14(22)15(23)9-13(11)21)8-17(32)30-4-5-31-16(10-30)27-28-18(31)20(24,25)26/h7-9,29H,4-6,10H2,1-3H3/b12-8-/t34-/m1/s1. The van der Waals surface area contributed by atoms with E-state index in [0.29, 0.717) is 12.1 Å². The van der Waals surface area contributed by atoms with Gasteiger partial charge in [-0.15, -0.1) is 10.2 Å². The molecule has 1 aliphatic rings. The number of carbonyl (C=O) groups excluding carboxylic acids is 1. The van der Waals surface area contributed by atoms with Crippen molar-refractivity contribution in [2.45, 2.75) is 51.2 Å². The van der Waals surface area contributed by atoms with Crippen LogP contribution >= 0.6 is 0 Å². The van der Waals surface area contributed by atoms with Gasteiger partial charge in [-0.25, -0.2) is 17.4 Å². The molecule has 0 aliphatic carbocycles. The Kier molecular flexibility index (Phi) is 7.10. The molecule has 1 atom stereocenters. The van der Waals surface area contributed by atoms with E-state index in [4.69, 9.17) is 0 Å². The fourth-order valence-corrected chi connectivity index (χ4v) is 3.76. The van der Waals surface area contributed by atoms with E-state index in [1.165, 1.54) is 4.90 Å². The van der Waals surface area contributed by atoms with Crippen molar-refractivity contribution >= 4 is 16.9 Å². The van der Waals surface area contributed by atoms with Crippen LogP contribution in [0.1, 0.15) is 38.0 Å². The highest BCUT2D eigenvalue weighted by atomic mass is 32.2. The first kappa shape index (κ1) is 25.7. The lowest BCUT2D eigenvalue weighted by atomic mass is 10.1. The molecule has 34 heavy (non-hydrogen) atoms. The summed E-state index contributed by atoms with van der Waals surface area (Å²) in [7, 11) is -1.75. The van der Waals surface area contributed by atoms with Gasteiger partial charge in [0.25, 0.3) is 0 Å². The molecule has 186 valence electrons. The van der Waals surface area contributed by atoms with Gasteiger partial charge in [0.15, 0.2) is 17.5 Å². The SMILES string of the molecule is CC(C)(C)[S@@](=O)N/C(=C\C(=O)N1CCn2c(nnc2C(F)(F)F)C1)Cc1cc(F)c(F)cc1F. The molecule has 0 unspecified atom stereocenters. The number of hydrogen-bond donors (Lipinski definition) is 1. The van der Waals surface area contributed by atoms with E-state index < -0.39 is 57.5 Å². The largest absolute Gasteiger partial charge is 0.451 e. The molecule has 0 spiro atoms. The predicted molar refractivity (Wildman–Crippen MR) is 110 cm³/mol. The Morgan fingerprint density at radius 2 is 1.74 bits per heavy atom. The molecule has 0 bridgehead atoms. The third-order valence-corrected chi connectivity index (χ3v) is 6.43. The van der Waals surface area contributed by atoms with Gasteiger partial charge in [-0.05, 0) is 32.4 Å². The van der Waals surface area contributed by atoms with Crippen molar-refractivity contribution in [1.29, 1.82) is 0 Å². The van der Waals surface area contributed by atoms with E-state index in [0.717, 1.165) is 10.6 Å². The summed E-state index contributed by atoms with van der Waals surface area (Å²) in [6.45, 7) is 4.35. The number of amides is 1. The summed E-state index contributed by atoms with van der Waals surface area (Å²) in [6.07, 6.45) is -4.11. The highest BCUT2D eigenvalue weighted by molar-refractivity contribution is 7.84. The first-order chi connectivity index (χ1) is 15.7. The number of alkyl halides is 3. The molecular weight excluding hydrogens is 488 g/mol.